The molecule has 0 atom stereocenters. The van der Waals surface area contributed by atoms with Gasteiger partial charge in [-0.25, -0.2) is 4.98 Å². The van der Waals surface area contributed by atoms with E-state index in [-0.39, 0.29) is 24.0 Å². The molecule has 138 valence electrons. The van der Waals surface area contributed by atoms with Crippen LogP contribution in [0, 0.1) is 0 Å². The molecule has 8 heteroatoms. The standard InChI is InChI=1S/C17H25N5O2.HI/c1-4-19-17(20-9-11-22-10-8-18-13-22)21-14-6-7-15(24-5-2)16(12-14)23-3;/h6-8,10,12-13H,4-5,9,11H2,1-3H3,(H2,19,20,21);1H. The number of aliphatic imine (C=N–C) groups is 1. The first-order valence-electron chi connectivity index (χ1n) is 8.08. The van der Waals surface area contributed by atoms with Crippen molar-refractivity contribution in [3.63, 3.8) is 0 Å². The molecule has 0 spiro atoms. The Morgan fingerprint density at radius 2 is 2.12 bits per heavy atom. The van der Waals surface area contributed by atoms with Crippen LogP contribution in [0.15, 0.2) is 41.9 Å². The SMILES string of the molecule is CCNC(=NCCn1ccnc1)Nc1ccc(OCC)c(OC)c1.I. The molecule has 0 unspecified atom stereocenters. The van der Waals surface area contributed by atoms with E-state index < -0.39 is 0 Å². The fourth-order valence-electron chi connectivity index (χ4n) is 2.16. The van der Waals surface area contributed by atoms with Gasteiger partial charge in [-0.15, -0.1) is 24.0 Å². The molecule has 25 heavy (non-hydrogen) atoms. The summed E-state index contributed by atoms with van der Waals surface area (Å²) in [5.74, 6) is 2.15. The topological polar surface area (TPSA) is 72.7 Å². The first-order valence-corrected chi connectivity index (χ1v) is 8.08. The number of methoxy groups -OCH3 is 1. The first-order chi connectivity index (χ1) is 11.8. The number of nitrogens with zero attached hydrogens (tertiary/aromatic N) is 3. The number of ether oxygens (including phenoxy) is 2. The fourth-order valence-corrected chi connectivity index (χ4v) is 2.16. The van der Waals surface area contributed by atoms with Gasteiger partial charge in [-0.2, -0.15) is 0 Å². The van der Waals surface area contributed by atoms with Gasteiger partial charge in [0.05, 0.1) is 26.6 Å². The lowest BCUT2D eigenvalue weighted by atomic mass is 10.2. The zero-order chi connectivity index (χ0) is 17.2. The van der Waals surface area contributed by atoms with Gasteiger partial charge in [0.15, 0.2) is 17.5 Å². The van der Waals surface area contributed by atoms with Crippen molar-refractivity contribution in [1.82, 2.24) is 14.9 Å². The number of guanidine groups is 1. The van der Waals surface area contributed by atoms with E-state index in [1.54, 1.807) is 19.6 Å². The summed E-state index contributed by atoms with van der Waals surface area (Å²) in [4.78, 5) is 8.60. The summed E-state index contributed by atoms with van der Waals surface area (Å²) in [6.45, 7) is 6.79. The Morgan fingerprint density at radius 3 is 2.76 bits per heavy atom. The molecule has 0 aliphatic heterocycles. The highest BCUT2D eigenvalue weighted by Crippen LogP contribution is 2.30. The van der Waals surface area contributed by atoms with E-state index in [9.17, 15) is 0 Å². The second-order valence-corrected chi connectivity index (χ2v) is 4.98. The minimum Gasteiger partial charge on any atom is -0.493 e. The highest BCUT2D eigenvalue weighted by atomic mass is 127. The predicted molar refractivity (Wildman–Crippen MR) is 111 cm³/mol. The molecule has 0 aliphatic carbocycles. The average Bonchev–Trinajstić information content (AvgIpc) is 3.10. The lowest BCUT2D eigenvalue weighted by molar-refractivity contribution is 0.311. The van der Waals surface area contributed by atoms with Crippen molar-refractivity contribution in [2.24, 2.45) is 4.99 Å². The number of nitrogens with one attached hydrogen (secondary N) is 2. The van der Waals surface area contributed by atoms with Crippen molar-refractivity contribution in [2.45, 2.75) is 20.4 Å². The maximum atomic E-state index is 5.53. The van der Waals surface area contributed by atoms with Gasteiger partial charge in [-0.05, 0) is 26.0 Å². The molecule has 2 N–H and O–H groups in total. The molecule has 1 heterocycles. The second-order valence-electron chi connectivity index (χ2n) is 4.98. The van der Waals surface area contributed by atoms with Crippen LogP contribution in [0.1, 0.15) is 13.8 Å². The quantitative estimate of drug-likeness (QED) is 0.361. The van der Waals surface area contributed by atoms with Crippen LogP contribution in [0.2, 0.25) is 0 Å². The molecule has 0 radical (unpaired) electrons. The van der Waals surface area contributed by atoms with Gasteiger partial charge < -0.3 is 24.7 Å². The van der Waals surface area contributed by atoms with E-state index >= 15 is 0 Å². The molecule has 7 nitrogen and oxygen atoms in total. The lowest BCUT2D eigenvalue weighted by Crippen LogP contribution is -2.31. The van der Waals surface area contributed by atoms with Crippen LogP contribution in [0.25, 0.3) is 0 Å². The Hall–Kier alpha value is -1.97. The highest BCUT2D eigenvalue weighted by Gasteiger charge is 2.06. The Balaban J connectivity index is 0.00000312. The number of halogens is 1. The molecule has 0 saturated carbocycles. The Labute approximate surface area is 165 Å². The van der Waals surface area contributed by atoms with Gasteiger partial charge in [-0.3, -0.25) is 4.99 Å². The Morgan fingerprint density at radius 1 is 1.28 bits per heavy atom. The van der Waals surface area contributed by atoms with Crippen molar-refractivity contribution >= 4 is 35.6 Å². The monoisotopic (exact) mass is 459 g/mol. The van der Waals surface area contributed by atoms with Gasteiger partial charge in [0.25, 0.3) is 0 Å². The van der Waals surface area contributed by atoms with E-state index in [0.29, 0.717) is 18.9 Å². The van der Waals surface area contributed by atoms with Gasteiger partial charge >= 0.3 is 0 Å². The zero-order valence-electron chi connectivity index (χ0n) is 14.9. The Kier molecular flexibility index (Phi) is 9.75. The van der Waals surface area contributed by atoms with Crippen molar-refractivity contribution in [2.75, 3.05) is 32.1 Å². The molecule has 2 rings (SSSR count). The van der Waals surface area contributed by atoms with Crippen LogP contribution in [-0.4, -0.2) is 42.3 Å². The highest BCUT2D eigenvalue weighted by molar-refractivity contribution is 14.0. The van der Waals surface area contributed by atoms with Gasteiger partial charge in [0.1, 0.15) is 0 Å². The molecule has 0 bridgehead atoms. The van der Waals surface area contributed by atoms with Crippen LogP contribution in [0.4, 0.5) is 5.69 Å². The average molecular weight is 459 g/mol. The van der Waals surface area contributed by atoms with Crippen LogP contribution < -0.4 is 20.1 Å². The molecule has 0 saturated heterocycles. The van der Waals surface area contributed by atoms with Gasteiger partial charge in [0, 0.05) is 37.2 Å². The lowest BCUT2D eigenvalue weighted by Gasteiger charge is -2.14. The van der Waals surface area contributed by atoms with E-state index in [1.165, 1.54) is 0 Å². The number of rotatable bonds is 8. The third kappa shape index (κ3) is 6.81. The number of aromatic nitrogens is 2. The van der Waals surface area contributed by atoms with Crippen molar-refractivity contribution in [3.05, 3.63) is 36.9 Å². The number of hydrogen-bond acceptors (Lipinski definition) is 4. The predicted octanol–water partition coefficient (Wildman–Crippen LogP) is 2.99. The molecule has 0 fully saturated rings. The summed E-state index contributed by atoms with van der Waals surface area (Å²) in [5.41, 5.74) is 0.887. The summed E-state index contributed by atoms with van der Waals surface area (Å²) < 4.78 is 12.9. The smallest absolute Gasteiger partial charge is 0.195 e. The molecule has 1 aromatic heterocycles. The molecular formula is C17H26IN5O2. The molecule has 0 aliphatic rings. The van der Waals surface area contributed by atoms with E-state index in [1.807, 2.05) is 42.8 Å². The van der Waals surface area contributed by atoms with Gasteiger partial charge in [-0.1, -0.05) is 0 Å². The summed E-state index contributed by atoms with van der Waals surface area (Å²) in [6, 6.07) is 5.73. The normalized spacial score (nSPS) is 10.8. The van der Waals surface area contributed by atoms with E-state index in [0.717, 1.165) is 30.5 Å². The van der Waals surface area contributed by atoms with Crippen LogP contribution in [0.5, 0.6) is 11.5 Å². The summed E-state index contributed by atoms with van der Waals surface area (Å²) in [6.07, 6.45) is 5.47. The van der Waals surface area contributed by atoms with Crippen LogP contribution in [0.3, 0.4) is 0 Å². The van der Waals surface area contributed by atoms with Crippen LogP contribution in [-0.2, 0) is 6.54 Å². The van der Waals surface area contributed by atoms with Crippen LogP contribution >= 0.6 is 24.0 Å². The number of hydrogen-bond donors (Lipinski definition) is 2. The first kappa shape index (κ1) is 21.1. The summed E-state index contributed by atoms with van der Waals surface area (Å²) >= 11 is 0. The molecular weight excluding hydrogens is 433 g/mol. The van der Waals surface area contributed by atoms with E-state index in [4.69, 9.17) is 9.47 Å². The summed E-state index contributed by atoms with van der Waals surface area (Å²) in [7, 11) is 1.63. The third-order valence-electron chi connectivity index (χ3n) is 3.26. The number of benzene rings is 1. The minimum absolute atomic E-state index is 0. The number of anilines is 1. The molecule has 1 aromatic carbocycles. The van der Waals surface area contributed by atoms with Gasteiger partial charge in [0.2, 0.25) is 0 Å². The minimum atomic E-state index is 0. The van der Waals surface area contributed by atoms with Crippen molar-refractivity contribution < 1.29 is 9.47 Å². The second kappa shape index (κ2) is 11.6. The maximum absolute atomic E-state index is 5.53. The molecule has 0 amide bonds. The fraction of sp³-hybridized carbons (Fsp3) is 0.412. The Bertz CT molecular complexity index is 646. The molecule has 2 aromatic rings. The third-order valence-corrected chi connectivity index (χ3v) is 3.26. The zero-order valence-corrected chi connectivity index (χ0v) is 17.2. The van der Waals surface area contributed by atoms with Crippen molar-refractivity contribution in [3.8, 4) is 11.5 Å². The number of imidazole rings is 1. The largest absolute Gasteiger partial charge is 0.493 e. The van der Waals surface area contributed by atoms with Crippen molar-refractivity contribution in [1.29, 1.82) is 0 Å². The maximum Gasteiger partial charge on any atom is 0.195 e. The summed E-state index contributed by atoms with van der Waals surface area (Å²) in [5, 5.41) is 6.51. The van der Waals surface area contributed by atoms with E-state index in [2.05, 4.69) is 20.6 Å².